The zero-order chi connectivity index (χ0) is 16.9. The Morgan fingerprint density at radius 2 is 1.64 bits per heavy atom. The van der Waals surface area contributed by atoms with Gasteiger partial charge in [0.25, 0.3) is 0 Å². The van der Waals surface area contributed by atoms with Gasteiger partial charge in [-0.25, -0.2) is 0 Å². The van der Waals surface area contributed by atoms with E-state index in [1.54, 1.807) is 0 Å². The molecule has 1 rings (SSSR count). The van der Waals surface area contributed by atoms with Gasteiger partial charge in [-0.1, -0.05) is 0 Å². The van der Waals surface area contributed by atoms with E-state index in [9.17, 15) is 20.4 Å². The number of hydrogen-bond acceptors (Lipinski definition) is 7. The smallest absolute Gasteiger partial charge is 0.184 e. The van der Waals surface area contributed by atoms with Crippen molar-refractivity contribution in [1.82, 2.24) is 4.90 Å². The molecule has 0 aromatic heterocycles. The summed E-state index contributed by atoms with van der Waals surface area (Å²) >= 11 is 0. The molecule has 0 saturated carbocycles. The van der Waals surface area contributed by atoms with Crippen molar-refractivity contribution in [2.75, 3.05) is 61.0 Å². The molecule has 0 bridgehead atoms. The molecule has 5 unspecified atom stereocenters. The minimum absolute atomic E-state index is 0.0513. The van der Waals surface area contributed by atoms with Crippen molar-refractivity contribution in [3.8, 4) is 0 Å². The first-order valence-corrected chi connectivity index (χ1v) is 7.56. The van der Waals surface area contributed by atoms with Gasteiger partial charge in [-0.3, -0.25) is 0 Å². The van der Waals surface area contributed by atoms with Crippen molar-refractivity contribution >= 4 is 0 Å². The predicted octanol–water partition coefficient (Wildman–Crippen LogP) is -2.56. The molecule has 1 aliphatic rings. The maximum absolute atomic E-state index is 9.79. The molecule has 1 saturated heterocycles. The minimum atomic E-state index is -1.51. The van der Waals surface area contributed by atoms with Crippen molar-refractivity contribution in [3.63, 3.8) is 0 Å². The van der Waals surface area contributed by atoms with Crippen LogP contribution in [0.1, 0.15) is 0 Å². The van der Waals surface area contributed by atoms with Crippen molar-refractivity contribution in [1.29, 1.82) is 0 Å². The third-order valence-corrected chi connectivity index (χ3v) is 3.96. The second-order valence-corrected chi connectivity index (χ2v) is 6.80. The zero-order valence-corrected chi connectivity index (χ0v) is 13.9. The summed E-state index contributed by atoms with van der Waals surface area (Å²) in [6.45, 7) is 3.29. The second-order valence-electron chi connectivity index (χ2n) is 6.80. The maximum atomic E-state index is 9.79. The third kappa shape index (κ3) is 6.05. The molecular formula is C14H31N2O6+. The monoisotopic (exact) mass is 323 g/mol. The Morgan fingerprint density at radius 3 is 2.23 bits per heavy atom. The highest BCUT2D eigenvalue weighted by Gasteiger charge is 2.42. The lowest BCUT2D eigenvalue weighted by Crippen LogP contribution is -2.58. The van der Waals surface area contributed by atoms with E-state index >= 15 is 0 Å². The van der Waals surface area contributed by atoms with Crippen LogP contribution in [0.3, 0.4) is 0 Å². The minimum Gasteiger partial charge on any atom is -0.387 e. The van der Waals surface area contributed by atoms with Gasteiger partial charge >= 0.3 is 0 Å². The molecule has 132 valence electrons. The molecule has 0 aromatic carbocycles. The zero-order valence-electron chi connectivity index (χ0n) is 13.9. The van der Waals surface area contributed by atoms with E-state index < -0.39 is 30.7 Å². The number of ether oxygens (including phenoxy) is 2. The summed E-state index contributed by atoms with van der Waals surface area (Å²) in [5, 5.41) is 38.2. The Kier molecular flexibility index (Phi) is 7.63. The first-order valence-electron chi connectivity index (χ1n) is 7.56. The summed E-state index contributed by atoms with van der Waals surface area (Å²) in [5.41, 5.74) is 0. The SMILES string of the molecule is CN(C)CC[N+](C)(C)CCOCC1OC(O)C(O)C(O)C1O. The number of quaternary nitrogens is 1. The van der Waals surface area contributed by atoms with E-state index in [0.29, 0.717) is 6.61 Å². The van der Waals surface area contributed by atoms with E-state index in [4.69, 9.17) is 9.47 Å². The molecule has 1 heterocycles. The number of aliphatic hydroxyl groups is 4. The lowest BCUT2D eigenvalue weighted by atomic mass is 9.99. The van der Waals surface area contributed by atoms with Gasteiger partial charge in [0.05, 0.1) is 33.9 Å². The summed E-state index contributed by atoms with van der Waals surface area (Å²) in [7, 11) is 8.29. The highest BCUT2D eigenvalue weighted by molar-refractivity contribution is 4.88. The summed E-state index contributed by atoms with van der Waals surface area (Å²) in [6, 6.07) is 0. The predicted molar refractivity (Wildman–Crippen MR) is 80.1 cm³/mol. The van der Waals surface area contributed by atoms with Gasteiger partial charge in [0.1, 0.15) is 31.0 Å². The Balaban J connectivity index is 2.29. The quantitative estimate of drug-likeness (QED) is 0.288. The van der Waals surface area contributed by atoms with Gasteiger partial charge in [0.2, 0.25) is 0 Å². The fourth-order valence-electron chi connectivity index (χ4n) is 2.16. The van der Waals surface area contributed by atoms with Crippen molar-refractivity contribution in [2.24, 2.45) is 0 Å². The first-order chi connectivity index (χ1) is 10.1. The lowest BCUT2D eigenvalue weighted by molar-refractivity contribution is -0.890. The molecule has 8 heteroatoms. The van der Waals surface area contributed by atoms with Gasteiger partial charge in [-0.2, -0.15) is 0 Å². The number of rotatable bonds is 8. The van der Waals surface area contributed by atoms with Crippen molar-refractivity contribution in [3.05, 3.63) is 0 Å². The molecule has 8 nitrogen and oxygen atoms in total. The fourth-order valence-corrected chi connectivity index (χ4v) is 2.16. The molecule has 0 amide bonds. The molecule has 0 radical (unpaired) electrons. The number of aliphatic hydroxyl groups excluding tert-OH is 4. The summed E-state index contributed by atoms with van der Waals surface area (Å²) in [4.78, 5) is 2.13. The Hall–Kier alpha value is -0.320. The largest absolute Gasteiger partial charge is 0.387 e. The highest BCUT2D eigenvalue weighted by Crippen LogP contribution is 2.20. The number of likely N-dealkylation sites (N-methyl/N-ethyl adjacent to an activating group) is 2. The molecule has 22 heavy (non-hydrogen) atoms. The Bertz CT molecular complexity index is 328. The van der Waals surface area contributed by atoms with Gasteiger partial charge in [-0.15, -0.1) is 0 Å². The van der Waals surface area contributed by atoms with Crippen molar-refractivity contribution in [2.45, 2.75) is 30.7 Å². The normalized spacial score (nSPS) is 33.4. The standard InChI is InChI=1S/C14H31N2O6/c1-15(2)5-6-16(3,4)7-8-21-9-10-11(17)12(18)13(19)14(20)22-10/h10-14,17-20H,5-9H2,1-4H3/q+1. The molecule has 4 N–H and O–H groups in total. The van der Waals surface area contributed by atoms with Crippen LogP contribution < -0.4 is 0 Å². The maximum Gasteiger partial charge on any atom is 0.184 e. The third-order valence-electron chi connectivity index (χ3n) is 3.96. The van der Waals surface area contributed by atoms with Crippen LogP contribution in [0.15, 0.2) is 0 Å². The van der Waals surface area contributed by atoms with Crippen LogP contribution in [0.4, 0.5) is 0 Å². The topological polar surface area (TPSA) is 103 Å². The molecule has 1 fully saturated rings. The molecule has 1 aliphatic heterocycles. The molecular weight excluding hydrogens is 292 g/mol. The van der Waals surface area contributed by atoms with E-state index in [-0.39, 0.29) is 6.61 Å². The average Bonchev–Trinajstić information content (AvgIpc) is 2.44. The Morgan fingerprint density at radius 1 is 1.00 bits per heavy atom. The van der Waals surface area contributed by atoms with E-state index in [1.807, 2.05) is 14.1 Å². The molecule has 0 spiro atoms. The van der Waals surface area contributed by atoms with Crippen LogP contribution in [-0.2, 0) is 9.47 Å². The van der Waals surface area contributed by atoms with Crippen LogP contribution in [0.25, 0.3) is 0 Å². The lowest BCUT2D eigenvalue weighted by Gasteiger charge is -2.38. The van der Waals surface area contributed by atoms with Gasteiger partial charge < -0.3 is 39.3 Å². The fraction of sp³-hybridized carbons (Fsp3) is 1.00. The molecule has 0 aliphatic carbocycles. The number of hydrogen-bond donors (Lipinski definition) is 4. The van der Waals surface area contributed by atoms with Crippen LogP contribution >= 0.6 is 0 Å². The summed E-state index contributed by atoms with van der Waals surface area (Å²) in [5.74, 6) is 0. The molecule has 5 atom stereocenters. The van der Waals surface area contributed by atoms with E-state index in [2.05, 4.69) is 19.0 Å². The van der Waals surface area contributed by atoms with Crippen LogP contribution in [-0.4, -0.2) is 122 Å². The first kappa shape index (κ1) is 19.7. The second kappa shape index (κ2) is 8.51. The van der Waals surface area contributed by atoms with Gasteiger partial charge in [0.15, 0.2) is 6.29 Å². The highest BCUT2D eigenvalue weighted by atomic mass is 16.6. The van der Waals surface area contributed by atoms with E-state index in [1.165, 1.54) is 0 Å². The van der Waals surface area contributed by atoms with Crippen LogP contribution in [0, 0.1) is 0 Å². The summed E-state index contributed by atoms with van der Waals surface area (Å²) in [6.07, 6.45) is -6.60. The molecule has 0 aromatic rings. The Labute approximate surface area is 132 Å². The summed E-state index contributed by atoms with van der Waals surface area (Å²) < 4.78 is 11.4. The van der Waals surface area contributed by atoms with E-state index in [0.717, 1.165) is 24.1 Å². The van der Waals surface area contributed by atoms with Gasteiger partial charge in [0, 0.05) is 6.54 Å². The van der Waals surface area contributed by atoms with Gasteiger partial charge in [-0.05, 0) is 14.1 Å². The van der Waals surface area contributed by atoms with Crippen molar-refractivity contribution < 1.29 is 34.4 Å². The van der Waals surface area contributed by atoms with Crippen LogP contribution in [0.2, 0.25) is 0 Å². The van der Waals surface area contributed by atoms with Crippen LogP contribution in [0.5, 0.6) is 0 Å². The number of nitrogens with zero attached hydrogens (tertiary/aromatic N) is 2. The average molecular weight is 323 g/mol.